The third-order valence-electron chi connectivity index (χ3n) is 13.6. The number of unbranched alkanes of at least 4 members (excludes halogenated alkanes) is 2. The third kappa shape index (κ3) is 11.3. The quantitative estimate of drug-likeness (QED) is 0.0626. The molecule has 0 bridgehead atoms. The molecule has 1 aliphatic carbocycles. The second kappa shape index (κ2) is 23.1. The van der Waals surface area contributed by atoms with E-state index >= 15 is 0 Å². The summed E-state index contributed by atoms with van der Waals surface area (Å²) in [5, 5.41) is 55.6. The molecule has 4 amide bonds. The van der Waals surface area contributed by atoms with Crippen LogP contribution in [0.5, 0.6) is 0 Å². The van der Waals surface area contributed by atoms with Crippen molar-refractivity contribution in [3.63, 3.8) is 0 Å². The van der Waals surface area contributed by atoms with Crippen LogP contribution in [0.2, 0.25) is 17.1 Å². The number of nitrogens with one attached hydrogen (secondary N) is 1. The standard InChI is InChI=1S/C42H55N9O14Si.O2Si/c1-6-64-66(26(3)27(66)4)24-12-20-43-34(52)15-8-7-9-21-45(5)41(54)32-13-10-23-47(32)42(55)33-14-11-22-46(33)40(53)25(2)65-44-39-37-30(50(60)61)18-16-28(48(56)57)35(37)36-29(49(58)59)17-19-31(38(36)39)51(62)63;1-3-2/h16-19,25-27,32-33H,6-15,20-24H2,1-5H3,(H,43,52);/t25?,26?,27?,32-,33-,66?;/m0./s1. The van der Waals surface area contributed by atoms with E-state index in [2.05, 4.69) is 24.3 Å². The van der Waals surface area contributed by atoms with Crippen molar-refractivity contribution in [3.05, 3.63) is 75.8 Å². The maximum absolute atomic E-state index is 14.1. The summed E-state index contributed by atoms with van der Waals surface area (Å²) in [4.78, 5) is 109. The fourth-order valence-corrected chi connectivity index (χ4v) is 14.9. The first kappa shape index (κ1) is 53.3. The SMILES string of the molecule is CCO[Si]1(CCCNC(=O)CCCCCN(C)C(=O)[C@@H]2CCCN2C(=O)[C@@H]2CCCN2C(=O)C(C)ON=C2c3c([N+](=O)[O-])ccc([N+](=O)[O-])c3-c3c([N+](=O)[O-])ccc([N+](=O)[O-])c32)C(C)C1C.O=[Si]=O. The zero-order valence-electron chi connectivity index (χ0n) is 38.9. The third-order valence-corrected chi connectivity index (χ3v) is 19.2. The summed E-state index contributed by atoms with van der Waals surface area (Å²) >= 11 is 0. The number of hydrogen-bond donors (Lipinski definition) is 1. The summed E-state index contributed by atoms with van der Waals surface area (Å²) in [5.41, 5.74) is -5.29. The van der Waals surface area contributed by atoms with Crippen LogP contribution in [0.3, 0.4) is 0 Å². The van der Waals surface area contributed by atoms with E-state index in [4.69, 9.17) is 18.2 Å². The molecule has 3 heterocycles. The lowest BCUT2D eigenvalue weighted by Gasteiger charge is -2.33. The highest BCUT2D eigenvalue weighted by Crippen LogP contribution is 2.62. The Labute approximate surface area is 398 Å². The number of amides is 4. The largest absolute Gasteiger partial charge is 0.549 e. The van der Waals surface area contributed by atoms with Gasteiger partial charge in [0.1, 0.15) is 17.8 Å². The monoisotopic (exact) mass is 997 g/mol. The lowest BCUT2D eigenvalue weighted by molar-refractivity contribution is -0.390. The van der Waals surface area contributed by atoms with Gasteiger partial charge in [-0.1, -0.05) is 25.4 Å². The molecule has 69 heavy (non-hydrogen) atoms. The van der Waals surface area contributed by atoms with E-state index in [1.807, 2.05) is 6.92 Å². The molecule has 1 N–H and O–H groups in total. The molecule has 372 valence electrons. The van der Waals surface area contributed by atoms with Crippen LogP contribution in [-0.2, 0) is 37.4 Å². The fourth-order valence-electron chi connectivity index (χ4n) is 9.89. The van der Waals surface area contributed by atoms with Gasteiger partial charge >= 0.3 is 9.29 Å². The van der Waals surface area contributed by atoms with Crippen molar-refractivity contribution in [1.29, 1.82) is 0 Å². The number of likely N-dealkylation sites (tertiary alicyclic amines) is 2. The second-order valence-corrected chi connectivity index (χ2v) is 22.1. The van der Waals surface area contributed by atoms with Crippen LogP contribution in [0.4, 0.5) is 22.7 Å². The van der Waals surface area contributed by atoms with Crippen LogP contribution in [0, 0.1) is 40.5 Å². The van der Waals surface area contributed by atoms with Crippen LogP contribution < -0.4 is 5.32 Å². The molecular weight excluding hydrogens is 943 g/mol. The number of rotatable bonds is 21. The Balaban J connectivity index is 0.00000288. The number of nitro groups is 4. The van der Waals surface area contributed by atoms with Gasteiger partial charge in [0.15, 0.2) is 8.32 Å². The zero-order valence-corrected chi connectivity index (χ0v) is 40.9. The van der Waals surface area contributed by atoms with Crippen molar-refractivity contribution < 1.29 is 57.1 Å². The van der Waals surface area contributed by atoms with Crippen molar-refractivity contribution in [2.75, 3.05) is 39.8 Å². The van der Waals surface area contributed by atoms with Crippen LogP contribution in [0.25, 0.3) is 11.1 Å². The minimum absolute atomic E-state index is 0.00163. The molecule has 6 rings (SSSR count). The van der Waals surface area contributed by atoms with Crippen molar-refractivity contribution in [2.24, 2.45) is 5.16 Å². The van der Waals surface area contributed by atoms with Crippen molar-refractivity contribution >= 4 is 69.7 Å². The maximum Gasteiger partial charge on any atom is 0.549 e. The second-order valence-electron chi connectivity index (χ2n) is 17.4. The molecule has 0 radical (unpaired) electrons. The molecule has 2 aromatic rings. The molecular formula is C42H55N9O16Si2. The van der Waals surface area contributed by atoms with E-state index in [9.17, 15) is 59.6 Å². The summed E-state index contributed by atoms with van der Waals surface area (Å²) in [6, 6.07) is 2.36. The number of nitro benzene ring substituents is 4. The first-order valence-corrected chi connectivity index (χ1v) is 25.8. The van der Waals surface area contributed by atoms with Crippen molar-refractivity contribution in [1.82, 2.24) is 20.0 Å². The Hall–Kier alpha value is -6.62. The van der Waals surface area contributed by atoms with Gasteiger partial charge in [-0.15, -0.1) is 0 Å². The zero-order chi connectivity index (χ0) is 50.9. The van der Waals surface area contributed by atoms with E-state index in [0.29, 0.717) is 62.7 Å². The number of hydrogen-bond acceptors (Lipinski definition) is 17. The van der Waals surface area contributed by atoms with E-state index < -0.39 is 118 Å². The highest BCUT2D eigenvalue weighted by molar-refractivity contribution is 6.87. The predicted molar refractivity (Wildman–Crippen MR) is 246 cm³/mol. The molecule has 4 aliphatic rings. The summed E-state index contributed by atoms with van der Waals surface area (Å²) in [7, 11) is -1.40. The summed E-state index contributed by atoms with van der Waals surface area (Å²) in [6.45, 7) is 10.0. The first-order chi connectivity index (χ1) is 32.8. The molecule has 0 spiro atoms. The van der Waals surface area contributed by atoms with Gasteiger partial charge in [0.25, 0.3) is 28.7 Å². The van der Waals surface area contributed by atoms with E-state index in [1.165, 1.54) is 16.7 Å². The molecule has 2 aromatic carbocycles. The highest BCUT2D eigenvalue weighted by Gasteiger charge is 2.62. The minimum Gasteiger partial charge on any atom is -0.417 e. The van der Waals surface area contributed by atoms with Crippen LogP contribution >= 0.6 is 0 Å². The minimum atomic E-state index is -1.65. The number of fused-ring (bicyclic) bond motifs is 3. The average molecular weight is 998 g/mol. The highest BCUT2D eigenvalue weighted by atomic mass is 28.4. The molecule has 3 unspecified atom stereocenters. The van der Waals surface area contributed by atoms with Crippen LogP contribution in [-0.4, -0.2) is 139 Å². The normalized spacial score (nSPS) is 21.1. The Morgan fingerprint density at radius 3 is 1.78 bits per heavy atom. The van der Waals surface area contributed by atoms with Gasteiger partial charge in [-0.2, -0.15) is 0 Å². The average Bonchev–Trinajstić information content (AvgIpc) is 3.90. The molecule has 3 aliphatic heterocycles. The summed E-state index contributed by atoms with van der Waals surface area (Å²) in [5.74, 6) is -1.42. The van der Waals surface area contributed by atoms with E-state index in [-0.39, 0.29) is 31.3 Å². The number of benzene rings is 2. The molecule has 5 atom stereocenters. The summed E-state index contributed by atoms with van der Waals surface area (Å²) in [6.07, 6.45) is 3.51. The first-order valence-electron chi connectivity index (χ1n) is 22.7. The van der Waals surface area contributed by atoms with Gasteiger partial charge in [0.2, 0.25) is 23.8 Å². The Bertz CT molecular complexity index is 2360. The van der Waals surface area contributed by atoms with Crippen molar-refractivity contribution in [2.45, 2.75) is 121 Å². The maximum atomic E-state index is 14.1. The van der Waals surface area contributed by atoms with Crippen LogP contribution in [0.1, 0.15) is 96.6 Å². The fraction of sp³-hybridized carbons (Fsp3) is 0.595. The molecule has 27 heteroatoms. The number of nitrogens with zero attached hydrogens (tertiary/aromatic N) is 8. The number of carbonyl (C=O) groups excluding carboxylic acids is 4. The topological polar surface area (TPSA) is 328 Å². The predicted octanol–water partition coefficient (Wildman–Crippen LogP) is 5.12. The Kier molecular flexibility index (Phi) is 17.9. The Morgan fingerprint density at radius 1 is 0.797 bits per heavy atom. The number of oxime groups is 1. The molecule has 3 fully saturated rings. The molecule has 25 nitrogen and oxygen atoms in total. The lowest BCUT2D eigenvalue weighted by Crippen LogP contribution is -2.54. The Morgan fingerprint density at radius 2 is 1.29 bits per heavy atom. The van der Waals surface area contributed by atoms with Crippen molar-refractivity contribution in [3.8, 4) is 11.1 Å². The summed E-state index contributed by atoms with van der Waals surface area (Å²) < 4.78 is 23.0. The lowest BCUT2D eigenvalue weighted by atomic mass is 10.0. The smallest absolute Gasteiger partial charge is 0.417 e. The van der Waals surface area contributed by atoms with Gasteiger partial charge in [0, 0.05) is 70.5 Å². The van der Waals surface area contributed by atoms with E-state index in [1.54, 1.807) is 11.9 Å². The van der Waals surface area contributed by atoms with Crippen LogP contribution in [0.15, 0.2) is 29.4 Å². The van der Waals surface area contributed by atoms with Gasteiger partial charge in [-0.25, -0.2) is 0 Å². The van der Waals surface area contributed by atoms with Gasteiger partial charge in [-0.05, 0) is 75.9 Å². The van der Waals surface area contributed by atoms with Gasteiger partial charge in [0.05, 0.1) is 41.9 Å². The molecule has 0 saturated carbocycles. The molecule has 3 saturated heterocycles. The number of likely N-dealkylation sites (N-methyl/N-ethyl adjacent to an activating group) is 1. The van der Waals surface area contributed by atoms with Gasteiger partial charge in [-0.3, -0.25) is 68.6 Å². The molecule has 0 aromatic heterocycles. The number of carbonyl (C=O) groups is 4. The van der Waals surface area contributed by atoms with E-state index in [0.717, 1.165) is 49.8 Å². The van der Waals surface area contributed by atoms with Gasteiger partial charge < -0.3 is 29.3 Å².